The quantitative estimate of drug-likeness (QED) is 0.0232. The average Bonchev–Trinajstić information content (AvgIpc) is 3.33. The Labute approximate surface area is 426 Å². The van der Waals surface area contributed by atoms with E-state index in [1.54, 1.807) is 0 Å². The van der Waals surface area contributed by atoms with Crippen molar-refractivity contribution in [3.05, 3.63) is 12.2 Å². The smallest absolute Gasteiger partial charge is 0.472 e. The van der Waals surface area contributed by atoms with Crippen LogP contribution in [0.15, 0.2) is 12.2 Å². The number of ether oxygens (including phenoxy) is 2. The third-order valence-electron chi connectivity index (χ3n) is 13.5. The number of esters is 1. The van der Waals surface area contributed by atoms with Crippen LogP contribution in [0.2, 0.25) is 0 Å². The number of unbranched alkanes of at least 4 members (excludes halogenated alkanes) is 42. The molecule has 4 N–H and O–H groups in total. The second-order valence-corrected chi connectivity index (χ2v) is 21.9. The lowest BCUT2D eigenvalue weighted by molar-refractivity contribution is -0.154. The molecule has 0 aliphatic rings. The number of hydrogen-bond acceptors (Lipinski definition) is 8. The van der Waals surface area contributed by atoms with Crippen molar-refractivity contribution in [2.75, 3.05) is 26.4 Å². The molecule has 0 aliphatic heterocycles. The van der Waals surface area contributed by atoms with Crippen LogP contribution in [-0.4, -0.2) is 60.5 Å². The van der Waals surface area contributed by atoms with Crippen molar-refractivity contribution >= 4 is 19.8 Å². The molecule has 3 unspecified atom stereocenters. The zero-order chi connectivity index (χ0) is 50.4. The summed E-state index contributed by atoms with van der Waals surface area (Å²) in [5.74, 6) is -1.76. The van der Waals surface area contributed by atoms with Crippen LogP contribution >= 0.6 is 7.82 Å². The summed E-state index contributed by atoms with van der Waals surface area (Å²) in [4.78, 5) is 33.8. The van der Waals surface area contributed by atoms with Gasteiger partial charge in [0.2, 0.25) is 0 Å². The first-order valence-electron chi connectivity index (χ1n) is 29.7. The molecule has 0 rings (SSSR count). The lowest BCUT2D eigenvalue weighted by Crippen LogP contribution is -2.34. The summed E-state index contributed by atoms with van der Waals surface area (Å²) < 4.78 is 33.6. The van der Waals surface area contributed by atoms with Crippen molar-refractivity contribution in [2.45, 2.75) is 321 Å². The molecule has 0 aliphatic carbocycles. The number of carbonyl (C=O) groups is 2. The van der Waals surface area contributed by atoms with Gasteiger partial charge in [-0.05, 0) is 38.5 Å². The van der Waals surface area contributed by atoms with E-state index in [2.05, 4.69) is 26.0 Å². The van der Waals surface area contributed by atoms with Crippen LogP contribution in [0.3, 0.4) is 0 Å². The Morgan fingerprint density at radius 2 is 0.754 bits per heavy atom. The van der Waals surface area contributed by atoms with Gasteiger partial charge in [0.1, 0.15) is 12.1 Å². The Morgan fingerprint density at radius 1 is 0.449 bits per heavy atom. The maximum absolute atomic E-state index is 12.8. The van der Waals surface area contributed by atoms with Crippen molar-refractivity contribution < 1.29 is 42.7 Å². The lowest BCUT2D eigenvalue weighted by Gasteiger charge is -2.20. The van der Waals surface area contributed by atoms with E-state index in [4.69, 9.17) is 29.4 Å². The van der Waals surface area contributed by atoms with Crippen LogP contribution in [0.25, 0.3) is 0 Å². The Morgan fingerprint density at radius 3 is 1.10 bits per heavy atom. The monoisotopic (exact) mass is 1000 g/mol. The summed E-state index contributed by atoms with van der Waals surface area (Å²) in [7, 11) is -4.62. The van der Waals surface area contributed by atoms with E-state index < -0.39 is 45.1 Å². The molecule has 0 bridgehead atoms. The second-order valence-electron chi connectivity index (χ2n) is 20.5. The van der Waals surface area contributed by atoms with E-state index in [9.17, 15) is 19.0 Å². The number of phosphoric acid groups is 1. The highest BCUT2D eigenvalue weighted by molar-refractivity contribution is 7.47. The van der Waals surface area contributed by atoms with E-state index >= 15 is 0 Å². The molecule has 410 valence electrons. The van der Waals surface area contributed by atoms with Gasteiger partial charge in [-0.15, -0.1) is 0 Å². The zero-order valence-corrected chi connectivity index (χ0v) is 46.3. The van der Waals surface area contributed by atoms with E-state index in [0.717, 1.165) is 38.5 Å². The highest BCUT2D eigenvalue weighted by Crippen LogP contribution is 2.43. The standard InChI is InChI=1S/C58H114NO9P/c1-3-5-7-9-11-13-15-17-19-21-23-25-27-29-31-33-35-37-39-41-43-45-47-49-51-65-52-55(53-66-69(63,64)67-54-56(59)58(61)62)68-57(60)50-48-46-44-42-40-38-36-34-32-30-28-26-24-22-20-18-16-14-12-10-8-6-4-2/h21,23,55-56H,3-20,22,24-54,59H2,1-2H3,(H,61,62)(H,63,64)/b23-21-. The van der Waals surface area contributed by atoms with Crippen molar-refractivity contribution in [2.24, 2.45) is 5.73 Å². The largest absolute Gasteiger partial charge is 0.480 e. The van der Waals surface area contributed by atoms with Gasteiger partial charge in [-0.3, -0.25) is 18.6 Å². The van der Waals surface area contributed by atoms with E-state index in [1.807, 2.05) is 0 Å². The molecule has 0 saturated carbocycles. The molecule has 3 atom stereocenters. The summed E-state index contributed by atoms with van der Waals surface area (Å²) in [6.45, 7) is 3.96. The predicted octanol–water partition coefficient (Wildman–Crippen LogP) is 18.0. The lowest BCUT2D eigenvalue weighted by atomic mass is 10.0. The summed E-state index contributed by atoms with van der Waals surface area (Å²) in [6, 6.07) is -1.47. The molecule has 0 aromatic carbocycles. The van der Waals surface area contributed by atoms with Gasteiger partial charge in [-0.2, -0.15) is 0 Å². The highest BCUT2D eigenvalue weighted by atomic mass is 31.2. The predicted molar refractivity (Wildman–Crippen MR) is 291 cm³/mol. The van der Waals surface area contributed by atoms with Gasteiger partial charge in [0.05, 0.1) is 19.8 Å². The number of carboxylic acids is 1. The SMILES string of the molecule is CCCCCCCCCC/C=C\CCCCCCCCCCCCCCOCC(COP(=O)(O)OCC(N)C(=O)O)OC(=O)CCCCCCCCCCCCCCCCCCCCCCCCC. The van der Waals surface area contributed by atoms with Crippen molar-refractivity contribution in [1.29, 1.82) is 0 Å². The Kier molecular flexibility index (Phi) is 53.5. The van der Waals surface area contributed by atoms with Gasteiger partial charge in [0.15, 0.2) is 0 Å². The highest BCUT2D eigenvalue weighted by Gasteiger charge is 2.27. The van der Waals surface area contributed by atoms with Crippen molar-refractivity contribution in [3.8, 4) is 0 Å². The van der Waals surface area contributed by atoms with Gasteiger partial charge in [0, 0.05) is 13.0 Å². The molecule has 0 radical (unpaired) electrons. The topological polar surface area (TPSA) is 155 Å². The molecule has 0 saturated heterocycles. The van der Waals surface area contributed by atoms with Crippen LogP contribution in [0.5, 0.6) is 0 Å². The number of rotatable bonds is 58. The Hall–Kier alpha value is -1.29. The Balaban J connectivity index is 4.01. The summed E-state index contributed by atoms with van der Waals surface area (Å²) in [6.07, 6.45) is 62.9. The molecule has 0 spiro atoms. The third kappa shape index (κ3) is 54.3. The van der Waals surface area contributed by atoms with E-state index in [0.29, 0.717) is 6.61 Å². The fraction of sp³-hybridized carbons (Fsp3) is 0.931. The van der Waals surface area contributed by atoms with Gasteiger partial charge in [-0.1, -0.05) is 276 Å². The van der Waals surface area contributed by atoms with Crippen LogP contribution in [-0.2, 0) is 32.7 Å². The first-order chi connectivity index (χ1) is 33.7. The molecule has 0 heterocycles. The van der Waals surface area contributed by atoms with Crippen LogP contribution in [0.1, 0.15) is 309 Å². The van der Waals surface area contributed by atoms with Gasteiger partial charge < -0.3 is 25.2 Å². The molecule has 11 heteroatoms. The number of hydrogen-bond donors (Lipinski definition) is 3. The molecular formula is C58H114NO9P. The van der Waals surface area contributed by atoms with Gasteiger partial charge in [0.25, 0.3) is 0 Å². The fourth-order valence-corrected chi connectivity index (χ4v) is 9.74. The second kappa shape index (κ2) is 54.5. The number of carbonyl (C=O) groups excluding carboxylic acids is 1. The minimum Gasteiger partial charge on any atom is -0.480 e. The zero-order valence-electron chi connectivity index (χ0n) is 45.4. The summed E-state index contributed by atoms with van der Waals surface area (Å²) >= 11 is 0. The fourth-order valence-electron chi connectivity index (χ4n) is 8.96. The maximum Gasteiger partial charge on any atom is 0.472 e. The molecule has 10 nitrogen and oxygen atoms in total. The number of aliphatic carboxylic acids is 1. The molecule has 0 aromatic rings. The van der Waals surface area contributed by atoms with Crippen molar-refractivity contribution in [1.82, 2.24) is 0 Å². The first-order valence-corrected chi connectivity index (χ1v) is 31.2. The number of allylic oxidation sites excluding steroid dienone is 2. The summed E-state index contributed by atoms with van der Waals surface area (Å²) in [5.41, 5.74) is 5.39. The van der Waals surface area contributed by atoms with Crippen LogP contribution in [0.4, 0.5) is 0 Å². The van der Waals surface area contributed by atoms with E-state index in [-0.39, 0.29) is 13.0 Å². The molecular weight excluding hydrogens is 886 g/mol. The van der Waals surface area contributed by atoms with Gasteiger partial charge in [-0.25, -0.2) is 4.57 Å². The van der Waals surface area contributed by atoms with Crippen LogP contribution < -0.4 is 5.73 Å². The first kappa shape index (κ1) is 67.7. The van der Waals surface area contributed by atoms with Gasteiger partial charge >= 0.3 is 19.8 Å². The molecule has 0 amide bonds. The molecule has 0 aromatic heterocycles. The maximum atomic E-state index is 12.8. The minimum atomic E-state index is -4.62. The minimum absolute atomic E-state index is 0.0236. The number of phosphoric ester groups is 1. The van der Waals surface area contributed by atoms with Crippen LogP contribution in [0, 0.1) is 0 Å². The number of carboxylic acid groups (broad SMARTS) is 1. The third-order valence-corrected chi connectivity index (χ3v) is 14.5. The number of nitrogens with two attached hydrogens (primary N) is 1. The Bertz CT molecular complexity index is 1160. The molecule has 0 fully saturated rings. The van der Waals surface area contributed by atoms with Crippen molar-refractivity contribution in [3.63, 3.8) is 0 Å². The summed E-state index contributed by atoms with van der Waals surface area (Å²) in [5, 5.41) is 8.96. The normalized spacial score (nSPS) is 13.6. The molecule has 69 heavy (non-hydrogen) atoms. The van der Waals surface area contributed by atoms with E-state index in [1.165, 1.54) is 250 Å². The average molecular weight is 1000 g/mol.